The molecule has 398 valence electrons. The molecule has 3 N–H and O–H groups in total. The van der Waals surface area contributed by atoms with Gasteiger partial charge in [0.2, 0.25) is 5.91 Å². The Morgan fingerprint density at radius 1 is 0.403 bits per heavy atom. The van der Waals surface area contributed by atoms with Crippen molar-refractivity contribution in [2.45, 2.75) is 353 Å². The second-order valence-electron chi connectivity index (χ2n) is 21.0. The van der Waals surface area contributed by atoms with E-state index in [0.29, 0.717) is 25.9 Å². The van der Waals surface area contributed by atoms with Gasteiger partial charge in [0.1, 0.15) is 0 Å². The van der Waals surface area contributed by atoms with Gasteiger partial charge in [0.25, 0.3) is 0 Å². The lowest BCUT2D eigenvalue weighted by atomic mass is 10.0. The lowest BCUT2D eigenvalue weighted by Crippen LogP contribution is -2.45. The van der Waals surface area contributed by atoms with Crippen LogP contribution in [0.3, 0.4) is 0 Å². The quantitative estimate of drug-likeness (QED) is 0.0321. The summed E-state index contributed by atoms with van der Waals surface area (Å²) in [6.45, 7) is 4.95. The van der Waals surface area contributed by atoms with Crippen molar-refractivity contribution in [3.05, 3.63) is 12.2 Å². The van der Waals surface area contributed by atoms with Crippen LogP contribution < -0.4 is 5.32 Å². The standard InChI is InChI=1S/C61H119NO5/c1-3-5-7-9-11-13-14-31-35-39-43-47-51-55-61(66)67-56-52-48-44-40-36-33-30-28-26-24-22-20-18-16-15-17-19-21-23-25-27-29-32-34-38-42-46-50-54-60(65)62-58(57-63)59(64)53-49-45-41-37-12-10-8-6-4-2/h15-16,58-59,63-64H,3-14,17-57H2,1-2H3,(H,62,65)/b16-15-. The number of hydrogen-bond acceptors (Lipinski definition) is 5. The van der Waals surface area contributed by atoms with Gasteiger partial charge in [-0.05, 0) is 51.4 Å². The van der Waals surface area contributed by atoms with E-state index in [-0.39, 0.29) is 18.5 Å². The van der Waals surface area contributed by atoms with Crippen LogP contribution in [0.5, 0.6) is 0 Å². The summed E-state index contributed by atoms with van der Waals surface area (Å²) in [6, 6.07) is -0.538. The number of carbonyl (C=O) groups excluding carboxylic acids is 2. The topological polar surface area (TPSA) is 95.9 Å². The third kappa shape index (κ3) is 53.8. The Hall–Kier alpha value is -1.40. The molecule has 1 amide bonds. The molecule has 2 unspecified atom stereocenters. The lowest BCUT2D eigenvalue weighted by Gasteiger charge is -2.22. The SMILES string of the molecule is CCCCCCCCCCCCCCCC(=O)OCCCCCCCCCCCCCC/C=C\CCCCCCCCCCCCCCC(=O)NC(CO)C(O)CCCCCCCCCCC. The molecule has 6 heteroatoms. The fourth-order valence-electron chi connectivity index (χ4n) is 9.64. The van der Waals surface area contributed by atoms with Crippen molar-refractivity contribution in [1.82, 2.24) is 5.32 Å². The maximum Gasteiger partial charge on any atom is 0.305 e. The highest BCUT2D eigenvalue weighted by molar-refractivity contribution is 5.76. The molecular weight excluding hydrogens is 827 g/mol. The molecule has 6 nitrogen and oxygen atoms in total. The van der Waals surface area contributed by atoms with E-state index in [1.54, 1.807) is 0 Å². The molecule has 2 atom stereocenters. The van der Waals surface area contributed by atoms with Gasteiger partial charge >= 0.3 is 5.97 Å². The van der Waals surface area contributed by atoms with E-state index in [2.05, 4.69) is 31.3 Å². The van der Waals surface area contributed by atoms with Gasteiger partial charge in [-0.15, -0.1) is 0 Å². The first-order valence-electron chi connectivity index (χ1n) is 30.4. The summed E-state index contributed by atoms with van der Waals surface area (Å²) in [4.78, 5) is 24.4. The summed E-state index contributed by atoms with van der Waals surface area (Å²) in [5.41, 5.74) is 0. The summed E-state index contributed by atoms with van der Waals surface area (Å²) in [7, 11) is 0. The molecule has 0 radical (unpaired) electrons. The maximum atomic E-state index is 12.4. The number of ether oxygens (including phenoxy) is 1. The van der Waals surface area contributed by atoms with Crippen molar-refractivity contribution in [3.63, 3.8) is 0 Å². The van der Waals surface area contributed by atoms with Gasteiger partial charge in [0.05, 0.1) is 25.4 Å². The zero-order valence-electron chi connectivity index (χ0n) is 45.4. The largest absolute Gasteiger partial charge is 0.466 e. The molecule has 0 saturated heterocycles. The average Bonchev–Trinajstić information content (AvgIpc) is 3.33. The number of unbranched alkanes of at least 4 members (excludes halogenated alkanes) is 44. The molecule has 0 aliphatic carbocycles. The van der Waals surface area contributed by atoms with Gasteiger partial charge in [-0.25, -0.2) is 0 Å². The normalized spacial score (nSPS) is 12.6. The van der Waals surface area contributed by atoms with E-state index in [1.807, 2.05) is 0 Å². The van der Waals surface area contributed by atoms with Crippen LogP contribution in [0.1, 0.15) is 341 Å². The zero-order valence-corrected chi connectivity index (χ0v) is 45.4. The minimum atomic E-state index is -0.661. The zero-order chi connectivity index (χ0) is 48.6. The number of esters is 1. The van der Waals surface area contributed by atoms with E-state index in [9.17, 15) is 19.8 Å². The van der Waals surface area contributed by atoms with Crippen LogP contribution in [0.2, 0.25) is 0 Å². The number of carbonyl (C=O) groups is 2. The van der Waals surface area contributed by atoms with Gasteiger partial charge in [0.15, 0.2) is 0 Å². The molecule has 67 heavy (non-hydrogen) atoms. The fourth-order valence-corrected chi connectivity index (χ4v) is 9.64. The van der Waals surface area contributed by atoms with Crippen molar-refractivity contribution in [2.75, 3.05) is 13.2 Å². The van der Waals surface area contributed by atoms with Crippen LogP contribution in [-0.4, -0.2) is 47.4 Å². The number of nitrogens with one attached hydrogen (secondary N) is 1. The molecule has 0 aromatic rings. The van der Waals surface area contributed by atoms with Crippen molar-refractivity contribution in [1.29, 1.82) is 0 Å². The molecule has 0 spiro atoms. The molecule has 0 bridgehead atoms. The molecule has 0 rings (SSSR count). The van der Waals surface area contributed by atoms with Gasteiger partial charge in [-0.3, -0.25) is 9.59 Å². The molecule has 0 aromatic carbocycles. The Balaban J connectivity index is 3.33. The Labute approximate surface area is 419 Å². The van der Waals surface area contributed by atoms with E-state index >= 15 is 0 Å². The van der Waals surface area contributed by atoms with Gasteiger partial charge in [-0.1, -0.05) is 289 Å². The highest BCUT2D eigenvalue weighted by Gasteiger charge is 2.20. The fraction of sp³-hybridized carbons (Fsp3) is 0.934. The Morgan fingerprint density at radius 2 is 0.701 bits per heavy atom. The number of aliphatic hydroxyl groups excluding tert-OH is 2. The van der Waals surface area contributed by atoms with Crippen molar-refractivity contribution in [3.8, 4) is 0 Å². The third-order valence-corrected chi connectivity index (χ3v) is 14.3. The highest BCUT2D eigenvalue weighted by Crippen LogP contribution is 2.18. The van der Waals surface area contributed by atoms with E-state index in [0.717, 1.165) is 38.5 Å². The molecule has 0 fully saturated rings. The first-order chi connectivity index (χ1) is 33.0. The van der Waals surface area contributed by atoms with Crippen molar-refractivity contribution < 1.29 is 24.5 Å². The molecule has 0 aromatic heterocycles. The Bertz CT molecular complexity index is 1000. The van der Waals surface area contributed by atoms with Gasteiger partial charge in [0, 0.05) is 12.8 Å². The third-order valence-electron chi connectivity index (χ3n) is 14.3. The molecule has 0 saturated carbocycles. The summed E-state index contributed by atoms with van der Waals surface area (Å²) in [5.74, 6) is -0.0183. The van der Waals surface area contributed by atoms with Gasteiger partial charge in [-0.2, -0.15) is 0 Å². The van der Waals surface area contributed by atoms with Gasteiger partial charge < -0.3 is 20.3 Å². The highest BCUT2D eigenvalue weighted by atomic mass is 16.5. The smallest absolute Gasteiger partial charge is 0.305 e. The molecule has 0 aliphatic heterocycles. The van der Waals surface area contributed by atoms with Crippen LogP contribution in [0.15, 0.2) is 12.2 Å². The van der Waals surface area contributed by atoms with Crippen LogP contribution in [0, 0.1) is 0 Å². The average molecular weight is 947 g/mol. The predicted molar refractivity (Wildman–Crippen MR) is 292 cm³/mol. The van der Waals surface area contributed by atoms with Crippen molar-refractivity contribution >= 4 is 11.9 Å². The van der Waals surface area contributed by atoms with E-state index in [4.69, 9.17) is 4.74 Å². The molecular formula is C61H119NO5. The van der Waals surface area contributed by atoms with E-state index < -0.39 is 12.1 Å². The van der Waals surface area contributed by atoms with E-state index in [1.165, 1.54) is 270 Å². The van der Waals surface area contributed by atoms with Crippen LogP contribution >= 0.6 is 0 Å². The molecule has 0 heterocycles. The number of hydrogen-bond donors (Lipinski definition) is 3. The minimum absolute atomic E-state index is 0.0177. The number of allylic oxidation sites excluding steroid dienone is 2. The maximum absolute atomic E-state index is 12.4. The Morgan fingerprint density at radius 3 is 1.06 bits per heavy atom. The minimum Gasteiger partial charge on any atom is -0.466 e. The number of amides is 1. The second kappa shape index (κ2) is 57.2. The van der Waals surface area contributed by atoms with Crippen molar-refractivity contribution in [2.24, 2.45) is 0 Å². The lowest BCUT2D eigenvalue weighted by molar-refractivity contribution is -0.143. The van der Waals surface area contributed by atoms with Crippen LogP contribution in [0.25, 0.3) is 0 Å². The van der Waals surface area contributed by atoms with Crippen LogP contribution in [0.4, 0.5) is 0 Å². The summed E-state index contributed by atoms with van der Waals surface area (Å²) in [6.07, 6.45) is 68.1. The Kier molecular flexibility index (Phi) is 56.0. The second-order valence-corrected chi connectivity index (χ2v) is 21.0. The summed E-state index contributed by atoms with van der Waals surface area (Å²) in [5, 5.41) is 23.1. The molecule has 0 aliphatic rings. The predicted octanol–water partition coefficient (Wildman–Crippen LogP) is 18.9. The van der Waals surface area contributed by atoms with Crippen LogP contribution in [-0.2, 0) is 14.3 Å². The first-order valence-corrected chi connectivity index (χ1v) is 30.4. The first kappa shape index (κ1) is 65.6. The number of aliphatic hydroxyl groups is 2. The summed E-state index contributed by atoms with van der Waals surface area (Å²) < 4.78 is 5.48. The number of rotatable bonds is 57. The monoisotopic (exact) mass is 946 g/mol. The summed E-state index contributed by atoms with van der Waals surface area (Å²) >= 11 is 0.